The van der Waals surface area contributed by atoms with Gasteiger partial charge in [-0.15, -0.1) is 0 Å². The Morgan fingerprint density at radius 3 is 2.85 bits per heavy atom. The highest BCUT2D eigenvalue weighted by Crippen LogP contribution is 2.07. The second-order valence-electron chi connectivity index (χ2n) is 5.88. The van der Waals surface area contributed by atoms with Crippen molar-refractivity contribution >= 4 is 5.96 Å². The summed E-state index contributed by atoms with van der Waals surface area (Å²) in [4.78, 5) is 6.73. The van der Waals surface area contributed by atoms with E-state index in [1.807, 2.05) is 7.05 Å². The molecular weight excluding hydrogens is 252 g/mol. The molecule has 0 aromatic heterocycles. The van der Waals surface area contributed by atoms with Crippen molar-refractivity contribution in [3.8, 4) is 0 Å². The number of nitrogens with zero attached hydrogens (tertiary/aromatic N) is 2. The fourth-order valence-electron chi connectivity index (χ4n) is 2.40. The first-order chi connectivity index (χ1) is 9.65. The van der Waals surface area contributed by atoms with E-state index in [0.29, 0.717) is 5.92 Å². The molecular formula is C15H32N4O. The van der Waals surface area contributed by atoms with Gasteiger partial charge >= 0.3 is 0 Å². The largest absolute Gasteiger partial charge is 0.374 e. The molecule has 0 aromatic rings. The van der Waals surface area contributed by atoms with Gasteiger partial charge in [-0.05, 0) is 12.3 Å². The summed E-state index contributed by atoms with van der Waals surface area (Å²) in [5.74, 6) is 1.59. The Bertz CT molecular complexity index is 281. The minimum absolute atomic E-state index is 0.257. The summed E-state index contributed by atoms with van der Waals surface area (Å²) in [5.41, 5.74) is 0. The van der Waals surface area contributed by atoms with E-state index in [1.54, 1.807) is 0 Å². The van der Waals surface area contributed by atoms with Crippen molar-refractivity contribution in [1.82, 2.24) is 15.5 Å². The third kappa shape index (κ3) is 7.10. The molecule has 1 aliphatic rings. The zero-order valence-electron chi connectivity index (χ0n) is 13.6. The molecule has 0 saturated carbocycles. The molecule has 0 aliphatic carbocycles. The summed E-state index contributed by atoms with van der Waals surface area (Å²) < 4.78 is 5.82. The van der Waals surface area contributed by atoms with Crippen LogP contribution in [0.25, 0.3) is 0 Å². The summed E-state index contributed by atoms with van der Waals surface area (Å²) in [6.07, 6.45) is 2.62. The molecule has 0 radical (unpaired) electrons. The summed E-state index contributed by atoms with van der Waals surface area (Å²) >= 11 is 0. The summed E-state index contributed by atoms with van der Waals surface area (Å²) in [6, 6.07) is 0. The van der Waals surface area contributed by atoms with E-state index in [1.165, 1.54) is 12.8 Å². The van der Waals surface area contributed by atoms with Gasteiger partial charge in [0.15, 0.2) is 5.96 Å². The number of ether oxygens (including phenoxy) is 1. The predicted octanol–water partition coefficient (Wildman–Crippen LogP) is 1.31. The van der Waals surface area contributed by atoms with Gasteiger partial charge in [0.05, 0.1) is 12.7 Å². The van der Waals surface area contributed by atoms with Crippen LogP contribution in [0.4, 0.5) is 0 Å². The van der Waals surface area contributed by atoms with Crippen molar-refractivity contribution in [1.29, 1.82) is 0 Å². The number of hydrogen-bond donors (Lipinski definition) is 2. The molecule has 1 aliphatic heterocycles. The Hall–Kier alpha value is -0.810. The zero-order chi connectivity index (χ0) is 14.8. The van der Waals surface area contributed by atoms with Gasteiger partial charge in [-0.3, -0.25) is 9.89 Å². The highest BCUT2D eigenvalue weighted by Gasteiger charge is 2.20. The molecule has 0 amide bonds. The number of hydrogen-bond acceptors (Lipinski definition) is 3. The molecule has 2 N–H and O–H groups in total. The van der Waals surface area contributed by atoms with Crippen LogP contribution in [-0.2, 0) is 4.74 Å². The molecule has 1 fully saturated rings. The number of aliphatic imine (C=N–C) groups is 1. The van der Waals surface area contributed by atoms with Gasteiger partial charge in [0.1, 0.15) is 0 Å². The fraction of sp³-hybridized carbons (Fsp3) is 0.933. The molecule has 0 spiro atoms. The Kier molecular flexibility index (Phi) is 8.62. The maximum atomic E-state index is 5.82. The minimum Gasteiger partial charge on any atom is -0.374 e. The van der Waals surface area contributed by atoms with E-state index in [0.717, 1.165) is 45.3 Å². The van der Waals surface area contributed by atoms with Crippen LogP contribution >= 0.6 is 0 Å². The standard InChI is InChI=1S/C15H32N4O/c1-5-6-7-17-15(16-4)18-10-14-12-19(8-9-20-14)11-13(2)3/h13-14H,5-12H2,1-4H3,(H2,16,17,18). The molecule has 0 aromatic carbocycles. The molecule has 5 heteroatoms. The first kappa shape index (κ1) is 17.2. The SMILES string of the molecule is CCCCNC(=NC)NCC1CN(CC(C)C)CCO1. The topological polar surface area (TPSA) is 48.9 Å². The van der Waals surface area contributed by atoms with Crippen LogP contribution in [0.2, 0.25) is 0 Å². The monoisotopic (exact) mass is 284 g/mol. The summed E-state index contributed by atoms with van der Waals surface area (Å²) in [7, 11) is 1.81. The van der Waals surface area contributed by atoms with E-state index in [9.17, 15) is 0 Å². The quantitative estimate of drug-likeness (QED) is 0.420. The van der Waals surface area contributed by atoms with Crippen molar-refractivity contribution in [2.45, 2.75) is 39.7 Å². The van der Waals surface area contributed by atoms with E-state index in [2.05, 4.69) is 41.3 Å². The number of rotatable bonds is 7. The lowest BCUT2D eigenvalue weighted by atomic mass is 10.2. The van der Waals surface area contributed by atoms with Crippen LogP contribution in [0.5, 0.6) is 0 Å². The molecule has 0 bridgehead atoms. The van der Waals surface area contributed by atoms with Crippen molar-refractivity contribution in [2.24, 2.45) is 10.9 Å². The Morgan fingerprint density at radius 1 is 1.40 bits per heavy atom. The van der Waals surface area contributed by atoms with Crippen LogP contribution in [0.3, 0.4) is 0 Å². The minimum atomic E-state index is 0.257. The average Bonchev–Trinajstić information content (AvgIpc) is 2.42. The van der Waals surface area contributed by atoms with Crippen LogP contribution in [-0.4, -0.2) is 63.3 Å². The number of nitrogens with one attached hydrogen (secondary N) is 2. The van der Waals surface area contributed by atoms with Crippen LogP contribution < -0.4 is 10.6 Å². The van der Waals surface area contributed by atoms with Gasteiger partial charge in [-0.2, -0.15) is 0 Å². The Morgan fingerprint density at radius 2 is 2.20 bits per heavy atom. The lowest BCUT2D eigenvalue weighted by molar-refractivity contribution is -0.0284. The molecule has 118 valence electrons. The van der Waals surface area contributed by atoms with E-state index >= 15 is 0 Å². The Labute approximate surface area is 124 Å². The number of morpholine rings is 1. The second kappa shape index (κ2) is 10.00. The van der Waals surface area contributed by atoms with Gasteiger partial charge in [0, 0.05) is 39.8 Å². The summed E-state index contributed by atoms with van der Waals surface area (Å²) in [5, 5.41) is 6.68. The highest BCUT2D eigenvalue weighted by atomic mass is 16.5. The molecule has 1 unspecified atom stereocenters. The molecule has 1 atom stereocenters. The van der Waals surface area contributed by atoms with E-state index in [4.69, 9.17) is 4.74 Å². The number of guanidine groups is 1. The maximum Gasteiger partial charge on any atom is 0.191 e. The first-order valence-corrected chi connectivity index (χ1v) is 7.94. The Balaban J connectivity index is 2.25. The van der Waals surface area contributed by atoms with Crippen LogP contribution in [0.1, 0.15) is 33.6 Å². The summed E-state index contributed by atoms with van der Waals surface area (Å²) in [6.45, 7) is 12.6. The molecule has 1 saturated heterocycles. The third-order valence-corrected chi connectivity index (χ3v) is 3.39. The van der Waals surface area contributed by atoms with E-state index < -0.39 is 0 Å². The predicted molar refractivity (Wildman–Crippen MR) is 85.3 cm³/mol. The van der Waals surface area contributed by atoms with Gasteiger partial charge in [0.2, 0.25) is 0 Å². The molecule has 20 heavy (non-hydrogen) atoms. The van der Waals surface area contributed by atoms with Gasteiger partial charge in [0.25, 0.3) is 0 Å². The lowest BCUT2D eigenvalue weighted by Gasteiger charge is -2.34. The third-order valence-electron chi connectivity index (χ3n) is 3.39. The molecule has 1 rings (SSSR count). The van der Waals surface area contributed by atoms with Gasteiger partial charge in [-0.1, -0.05) is 27.2 Å². The maximum absolute atomic E-state index is 5.82. The van der Waals surface area contributed by atoms with Gasteiger partial charge in [-0.25, -0.2) is 0 Å². The van der Waals surface area contributed by atoms with Crippen LogP contribution in [0.15, 0.2) is 4.99 Å². The van der Waals surface area contributed by atoms with Crippen LogP contribution in [0, 0.1) is 5.92 Å². The molecule has 5 nitrogen and oxygen atoms in total. The average molecular weight is 284 g/mol. The lowest BCUT2D eigenvalue weighted by Crippen LogP contribution is -2.50. The zero-order valence-corrected chi connectivity index (χ0v) is 13.6. The molecule has 1 heterocycles. The number of unbranched alkanes of at least 4 members (excludes halogenated alkanes) is 1. The normalized spacial score (nSPS) is 21.2. The van der Waals surface area contributed by atoms with Crippen molar-refractivity contribution < 1.29 is 4.74 Å². The highest BCUT2D eigenvalue weighted by molar-refractivity contribution is 5.79. The van der Waals surface area contributed by atoms with Gasteiger partial charge < -0.3 is 15.4 Å². The first-order valence-electron chi connectivity index (χ1n) is 7.94. The van der Waals surface area contributed by atoms with E-state index in [-0.39, 0.29) is 6.10 Å². The smallest absolute Gasteiger partial charge is 0.191 e. The van der Waals surface area contributed by atoms with Crippen molar-refractivity contribution in [3.05, 3.63) is 0 Å². The fourth-order valence-corrected chi connectivity index (χ4v) is 2.40. The second-order valence-corrected chi connectivity index (χ2v) is 5.88. The van der Waals surface area contributed by atoms with Crippen molar-refractivity contribution in [2.75, 3.05) is 46.4 Å². The van der Waals surface area contributed by atoms with Crippen molar-refractivity contribution in [3.63, 3.8) is 0 Å².